The molecule has 6 nitrogen and oxygen atoms in total. The number of carbonyl (C=O) groups is 1. The van der Waals surface area contributed by atoms with Crippen LogP contribution in [0.1, 0.15) is 29.8 Å². The smallest absolute Gasteiger partial charge is 0.255 e. The molecule has 0 aromatic heterocycles. The second kappa shape index (κ2) is 10.1. The normalized spacial score (nSPS) is 15.5. The Balaban J connectivity index is 1.72. The lowest BCUT2D eigenvalue weighted by Gasteiger charge is -2.35. The van der Waals surface area contributed by atoms with Gasteiger partial charge in [-0.15, -0.1) is 0 Å². The zero-order chi connectivity index (χ0) is 22.6. The summed E-state index contributed by atoms with van der Waals surface area (Å²) >= 11 is 6.25. The summed E-state index contributed by atoms with van der Waals surface area (Å²) in [5, 5.41) is 0.220. The highest BCUT2D eigenvalue weighted by molar-refractivity contribution is 7.89. The van der Waals surface area contributed by atoms with Crippen LogP contribution < -0.4 is 0 Å². The predicted molar refractivity (Wildman–Crippen MR) is 119 cm³/mol. The van der Waals surface area contributed by atoms with Gasteiger partial charge in [0.05, 0.1) is 15.5 Å². The van der Waals surface area contributed by atoms with E-state index in [2.05, 4.69) is 4.90 Å². The first-order valence-corrected chi connectivity index (χ1v) is 12.1. The molecule has 1 fully saturated rings. The maximum atomic E-state index is 13.9. The molecular formula is C22H27ClFN3O3S. The van der Waals surface area contributed by atoms with Crippen molar-refractivity contribution in [2.24, 2.45) is 0 Å². The maximum absolute atomic E-state index is 13.9. The van der Waals surface area contributed by atoms with Gasteiger partial charge in [-0.1, -0.05) is 43.6 Å². The molecule has 0 bridgehead atoms. The number of carbonyl (C=O) groups excluding carboxylic acids is 1. The molecule has 0 radical (unpaired) electrons. The van der Waals surface area contributed by atoms with Gasteiger partial charge >= 0.3 is 0 Å². The molecule has 0 saturated carbocycles. The number of nitrogens with zero attached hydrogens (tertiary/aromatic N) is 3. The minimum absolute atomic E-state index is 0.0575. The molecule has 2 aromatic rings. The van der Waals surface area contributed by atoms with Gasteiger partial charge < -0.3 is 4.90 Å². The number of rotatable bonds is 7. The van der Waals surface area contributed by atoms with Crippen molar-refractivity contribution >= 4 is 27.5 Å². The van der Waals surface area contributed by atoms with Crippen molar-refractivity contribution in [1.82, 2.24) is 14.1 Å². The summed E-state index contributed by atoms with van der Waals surface area (Å²) in [6, 6.07) is 10.9. The molecule has 1 heterocycles. The number of hydrogen-bond donors (Lipinski definition) is 0. The predicted octanol–water partition coefficient (Wildman–Crippen LogP) is 3.47. The zero-order valence-corrected chi connectivity index (χ0v) is 19.3. The Morgan fingerprint density at radius 3 is 2.32 bits per heavy atom. The van der Waals surface area contributed by atoms with Crippen LogP contribution in [0.15, 0.2) is 47.4 Å². The molecule has 1 saturated heterocycles. The van der Waals surface area contributed by atoms with E-state index in [4.69, 9.17) is 11.6 Å². The van der Waals surface area contributed by atoms with Gasteiger partial charge in [0.2, 0.25) is 10.0 Å². The molecule has 1 aliphatic rings. The first-order chi connectivity index (χ1) is 14.8. The topological polar surface area (TPSA) is 60.9 Å². The monoisotopic (exact) mass is 467 g/mol. The van der Waals surface area contributed by atoms with Gasteiger partial charge in [0.15, 0.2) is 0 Å². The summed E-state index contributed by atoms with van der Waals surface area (Å²) in [7, 11) is -3.69. The maximum Gasteiger partial charge on any atom is 0.255 e. The zero-order valence-electron chi connectivity index (χ0n) is 17.7. The van der Waals surface area contributed by atoms with Gasteiger partial charge in [0.25, 0.3) is 5.91 Å². The highest BCUT2D eigenvalue weighted by atomic mass is 35.5. The number of amides is 1. The summed E-state index contributed by atoms with van der Waals surface area (Å²) in [6.07, 6.45) is 0. The quantitative estimate of drug-likeness (QED) is 0.625. The van der Waals surface area contributed by atoms with E-state index in [0.717, 1.165) is 0 Å². The van der Waals surface area contributed by atoms with E-state index in [1.807, 2.05) is 0 Å². The summed E-state index contributed by atoms with van der Waals surface area (Å²) in [5.74, 6) is -0.536. The van der Waals surface area contributed by atoms with Crippen LogP contribution in [-0.2, 0) is 16.6 Å². The minimum Gasteiger partial charge on any atom is -0.336 e. The third-order valence-electron chi connectivity index (χ3n) is 5.52. The van der Waals surface area contributed by atoms with E-state index in [1.165, 1.54) is 28.6 Å². The molecule has 3 rings (SSSR count). The minimum atomic E-state index is -3.69. The van der Waals surface area contributed by atoms with Crippen molar-refractivity contribution in [3.05, 3.63) is 64.4 Å². The van der Waals surface area contributed by atoms with Gasteiger partial charge in [-0.05, 0) is 24.3 Å². The molecule has 1 aliphatic heterocycles. The molecule has 0 atom stereocenters. The molecule has 9 heteroatoms. The van der Waals surface area contributed by atoms with Crippen molar-refractivity contribution in [3.63, 3.8) is 0 Å². The lowest BCUT2D eigenvalue weighted by molar-refractivity contribution is 0.0627. The van der Waals surface area contributed by atoms with Crippen molar-refractivity contribution in [2.75, 3.05) is 39.3 Å². The molecule has 0 aliphatic carbocycles. The third-order valence-corrected chi connectivity index (χ3v) is 7.90. The van der Waals surface area contributed by atoms with Crippen LogP contribution in [0, 0.1) is 5.82 Å². The average Bonchev–Trinajstić information content (AvgIpc) is 2.76. The fourth-order valence-electron chi connectivity index (χ4n) is 3.69. The third kappa shape index (κ3) is 5.26. The number of sulfonamides is 1. The van der Waals surface area contributed by atoms with Crippen LogP contribution in [0.2, 0.25) is 5.02 Å². The number of benzene rings is 2. The Kier molecular flexibility index (Phi) is 7.69. The standard InChI is InChI=1S/C22H27ClFN3O3S/c1-3-27(4-2)31(29,30)18-9-10-20(23)19(15-18)22(28)26-13-11-25(12-14-26)16-17-7-5-6-8-21(17)24/h5-10,15H,3-4,11-14,16H2,1-2H3. The number of hydrogen-bond acceptors (Lipinski definition) is 4. The second-order valence-corrected chi connectivity index (χ2v) is 9.74. The molecule has 1 amide bonds. The largest absolute Gasteiger partial charge is 0.336 e. The van der Waals surface area contributed by atoms with Crippen molar-refractivity contribution in [1.29, 1.82) is 0 Å². The summed E-state index contributed by atoms with van der Waals surface area (Å²) in [5.41, 5.74) is 0.803. The molecule has 0 N–H and O–H groups in total. The molecule has 168 valence electrons. The average molecular weight is 468 g/mol. The fourth-order valence-corrected chi connectivity index (χ4v) is 5.37. The van der Waals surface area contributed by atoms with Gasteiger partial charge in [-0.3, -0.25) is 9.69 Å². The second-order valence-electron chi connectivity index (χ2n) is 7.39. The van der Waals surface area contributed by atoms with E-state index in [-0.39, 0.29) is 27.2 Å². The SMILES string of the molecule is CCN(CC)S(=O)(=O)c1ccc(Cl)c(C(=O)N2CCN(Cc3ccccc3F)CC2)c1. The Labute approximate surface area is 188 Å². The lowest BCUT2D eigenvalue weighted by atomic mass is 10.1. The van der Waals surface area contributed by atoms with E-state index in [9.17, 15) is 17.6 Å². The molecule has 0 unspecified atom stereocenters. The van der Waals surface area contributed by atoms with Crippen LogP contribution >= 0.6 is 11.6 Å². The highest BCUT2D eigenvalue weighted by Crippen LogP contribution is 2.25. The molecular weight excluding hydrogens is 441 g/mol. The van der Waals surface area contributed by atoms with E-state index in [1.54, 1.807) is 36.9 Å². The Morgan fingerprint density at radius 1 is 1.06 bits per heavy atom. The van der Waals surface area contributed by atoms with Crippen LogP contribution in [0.5, 0.6) is 0 Å². The summed E-state index contributed by atoms with van der Waals surface area (Å²) < 4.78 is 40.9. The van der Waals surface area contributed by atoms with Crippen molar-refractivity contribution < 1.29 is 17.6 Å². The fraction of sp³-hybridized carbons (Fsp3) is 0.409. The van der Waals surface area contributed by atoms with E-state index in [0.29, 0.717) is 51.4 Å². The number of piperazine rings is 1. The Bertz CT molecular complexity index is 1040. The van der Waals surface area contributed by atoms with Gasteiger partial charge in [0, 0.05) is 51.4 Å². The molecule has 2 aromatic carbocycles. The molecule has 0 spiro atoms. The van der Waals surface area contributed by atoms with Gasteiger partial charge in [-0.2, -0.15) is 4.31 Å². The highest BCUT2D eigenvalue weighted by Gasteiger charge is 2.27. The molecule has 31 heavy (non-hydrogen) atoms. The van der Waals surface area contributed by atoms with Gasteiger partial charge in [-0.25, -0.2) is 12.8 Å². The number of halogens is 2. The van der Waals surface area contributed by atoms with E-state index >= 15 is 0 Å². The summed E-state index contributed by atoms with van der Waals surface area (Å²) in [6.45, 7) is 6.79. The van der Waals surface area contributed by atoms with Crippen LogP contribution in [0.4, 0.5) is 4.39 Å². The van der Waals surface area contributed by atoms with Gasteiger partial charge in [0.1, 0.15) is 5.82 Å². The first-order valence-electron chi connectivity index (χ1n) is 10.3. The van der Waals surface area contributed by atoms with Crippen molar-refractivity contribution in [2.45, 2.75) is 25.3 Å². The van der Waals surface area contributed by atoms with Crippen LogP contribution in [0.25, 0.3) is 0 Å². The van der Waals surface area contributed by atoms with Crippen LogP contribution in [-0.4, -0.2) is 67.7 Å². The van der Waals surface area contributed by atoms with E-state index < -0.39 is 10.0 Å². The Morgan fingerprint density at radius 2 is 1.71 bits per heavy atom. The van der Waals surface area contributed by atoms with Crippen molar-refractivity contribution in [3.8, 4) is 0 Å². The summed E-state index contributed by atoms with van der Waals surface area (Å²) in [4.78, 5) is 16.9. The first kappa shape index (κ1) is 23.7. The van der Waals surface area contributed by atoms with Crippen LogP contribution in [0.3, 0.4) is 0 Å². The Hall–Kier alpha value is -2.00. The lowest BCUT2D eigenvalue weighted by Crippen LogP contribution is -2.48.